The highest BCUT2D eigenvalue weighted by Gasteiger charge is 2.20. The Morgan fingerprint density at radius 1 is 1.38 bits per heavy atom. The maximum absolute atomic E-state index is 11.0. The molecule has 1 heterocycles. The van der Waals surface area contributed by atoms with Gasteiger partial charge in [-0.15, -0.1) is 0 Å². The maximum Gasteiger partial charge on any atom is 0.349 e. The van der Waals surface area contributed by atoms with Gasteiger partial charge in [0.25, 0.3) is 0 Å². The Labute approximate surface area is 120 Å². The van der Waals surface area contributed by atoms with Gasteiger partial charge in [0.15, 0.2) is 0 Å². The lowest BCUT2D eigenvalue weighted by molar-refractivity contribution is -0.386. The van der Waals surface area contributed by atoms with Crippen LogP contribution in [0.15, 0.2) is 18.3 Å². The number of nitrogen functional groups attached to an aromatic ring is 1. The molecular formula is C13H11N5O3. The summed E-state index contributed by atoms with van der Waals surface area (Å²) in [5, 5.41) is 19.9. The number of hydrogen-bond donors (Lipinski definition) is 1. The van der Waals surface area contributed by atoms with Crippen molar-refractivity contribution < 1.29 is 9.66 Å². The van der Waals surface area contributed by atoms with Crippen LogP contribution in [0, 0.1) is 35.3 Å². The van der Waals surface area contributed by atoms with Crippen LogP contribution in [0.2, 0.25) is 0 Å². The van der Waals surface area contributed by atoms with E-state index in [0.717, 1.165) is 6.20 Å². The molecule has 0 saturated heterocycles. The molecule has 2 N–H and O–H groups in total. The zero-order valence-electron chi connectivity index (χ0n) is 11.3. The summed E-state index contributed by atoms with van der Waals surface area (Å²) in [6.07, 6.45) is 0.992. The van der Waals surface area contributed by atoms with Gasteiger partial charge in [0.2, 0.25) is 5.95 Å². The molecule has 2 aromatic rings. The minimum absolute atomic E-state index is 0.125. The smallest absolute Gasteiger partial charge is 0.349 e. The van der Waals surface area contributed by atoms with Gasteiger partial charge in [-0.2, -0.15) is 10.2 Å². The van der Waals surface area contributed by atoms with Crippen LogP contribution in [0.5, 0.6) is 11.6 Å². The molecule has 0 aliphatic heterocycles. The van der Waals surface area contributed by atoms with Crippen molar-refractivity contribution >= 4 is 11.6 Å². The fraction of sp³-hybridized carbons (Fsp3) is 0.154. The van der Waals surface area contributed by atoms with Crippen LogP contribution >= 0.6 is 0 Å². The average molecular weight is 285 g/mol. The van der Waals surface area contributed by atoms with Crippen LogP contribution in [0.25, 0.3) is 0 Å². The monoisotopic (exact) mass is 285 g/mol. The third-order valence-electron chi connectivity index (χ3n) is 2.74. The summed E-state index contributed by atoms with van der Waals surface area (Å²) in [4.78, 5) is 17.6. The molecule has 8 heteroatoms. The van der Waals surface area contributed by atoms with Crippen molar-refractivity contribution in [1.82, 2.24) is 9.97 Å². The number of nitrogens with zero attached hydrogens (tertiary/aromatic N) is 4. The van der Waals surface area contributed by atoms with Crippen LogP contribution in [-0.4, -0.2) is 14.9 Å². The molecule has 2 rings (SSSR count). The summed E-state index contributed by atoms with van der Waals surface area (Å²) in [6, 6.07) is 5.28. The van der Waals surface area contributed by atoms with E-state index in [0.29, 0.717) is 22.4 Å². The number of aryl methyl sites for hydroxylation is 2. The second-order valence-electron chi connectivity index (χ2n) is 4.33. The molecular weight excluding hydrogens is 274 g/mol. The molecule has 0 unspecified atom stereocenters. The molecule has 21 heavy (non-hydrogen) atoms. The second-order valence-corrected chi connectivity index (χ2v) is 4.33. The molecule has 0 amide bonds. The molecule has 1 aromatic carbocycles. The highest BCUT2D eigenvalue weighted by molar-refractivity contribution is 5.51. The summed E-state index contributed by atoms with van der Waals surface area (Å²) >= 11 is 0. The van der Waals surface area contributed by atoms with Crippen LogP contribution in [0.1, 0.15) is 16.7 Å². The van der Waals surface area contributed by atoms with Crippen molar-refractivity contribution in [1.29, 1.82) is 5.26 Å². The van der Waals surface area contributed by atoms with Gasteiger partial charge >= 0.3 is 11.6 Å². The molecule has 0 spiro atoms. The minimum atomic E-state index is -0.650. The highest BCUT2D eigenvalue weighted by Crippen LogP contribution is 2.33. The van der Waals surface area contributed by atoms with Crippen molar-refractivity contribution in [3.8, 4) is 17.7 Å². The summed E-state index contributed by atoms with van der Waals surface area (Å²) in [6.45, 7) is 3.47. The third-order valence-corrected chi connectivity index (χ3v) is 2.74. The quantitative estimate of drug-likeness (QED) is 0.676. The maximum atomic E-state index is 11.0. The van der Waals surface area contributed by atoms with E-state index in [-0.39, 0.29) is 17.5 Å². The lowest BCUT2D eigenvalue weighted by Gasteiger charge is -2.11. The van der Waals surface area contributed by atoms with Gasteiger partial charge in [0.1, 0.15) is 11.9 Å². The van der Waals surface area contributed by atoms with Crippen molar-refractivity contribution in [2.45, 2.75) is 13.8 Å². The Hall–Kier alpha value is -3.21. The van der Waals surface area contributed by atoms with E-state index in [1.165, 1.54) is 0 Å². The molecule has 1 aromatic heterocycles. The molecule has 0 bridgehead atoms. The minimum Gasteiger partial charge on any atom is -0.433 e. The second kappa shape index (κ2) is 5.42. The molecule has 0 fully saturated rings. The van der Waals surface area contributed by atoms with Gasteiger partial charge in [0, 0.05) is 0 Å². The number of anilines is 1. The average Bonchev–Trinajstić information content (AvgIpc) is 2.42. The number of benzene rings is 1. The topological polar surface area (TPSA) is 128 Å². The molecule has 0 aliphatic carbocycles. The highest BCUT2D eigenvalue weighted by atomic mass is 16.6. The Balaban J connectivity index is 2.51. The summed E-state index contributed by atoms with van der Waals surface area (Å²) in [5.41, 5.74) is 6.86. The van der Waals surface area contributed by atoms with Gasteiger partial charge in [-0.25, -0.2) is 4.98 Å². The summed E-state index contributed by atoms with van der Waals surface area (Å²) in [7, 11) is 0. The van der Waals surface area contributed by atoms with Gasteiger partial charge in [-0.3, -0.25) is 10.1 Å². The first-order valence-electron chi connectivity index (χ1n) is 5.88. The fourth-order valence-corrected chi connectivity index (χ4v) is 1.85. The Morgan fingerprint density at radius 3 is 2.52 bits per heavy atom. The molecule has 106 valence electrons. The Bertz CT molecular complexity index is 744. The first-order valence-corrected chi connectivity index (χ1v) is 5.88. The first-order chi connectivity index (χ1) is 9.92. The number of aromatic nitrogens is 2. The van der Waals surface area contributed by atoms with Crippen LogP contribution in [0.4, 0.5) is 11.6 Å². The standard InChI is InChI=1S/C13H11N5O3/c1-7-3-9(5-14)4-8(2)11(7)21-12-10(18(19)20)6-16-13(15)17-12/h3-4,6H,1-2H3,(H2,15,16,17). The number of rotatable bonds is 3. The summed E-state index contributed by atoms with van der Waals surface area (Å²) in [5.74, 6) is 0.0400. The number of nitro groups is 1. The lowest BCUT2D eigenvalue weighted by atomic mass is 10.1. The molecule has 0 saturated carbocycles. The third kappa shape index (κ3) is 2.87. The largest absolute Gasteiger partial charge is 0.433 e. The van der Waals surface area contributed by atoms with Gasteiger partial charge < -0.3 is 10.5 Å². The van der Waals surface area contributed by atoms with Gasteiger partial charge in [-0.1, -0.05) is 0 Å². The van der Waals surface area contributed by atoms with E-state index >= 15 is 0 Å². The number of hydrogen-bond acceptors (Lipinski definition) is 7. The van der Waals surface area contributed by atoms with Crippen molar-refractivity contribution in [3.63, 3.8) is 0 Å². The van der Waals surface area contributed by atoms with E-state index in [2.05, 4.69) is 9.97 Å². The van der Waals surface area contributed by atoms with E-state index in [1.54, 1.807) is 26.0 Å². The number of nitrogens with two attached hydrogens (primary N) is 1. The zero-order valence-corrected chi connectivity index (χ0v) is 11.3. The lowest BCUT2D eigenvalue weighted by Crippen LogP contribution is -2.02. The zero-order chi connectivity index (χ0) is 15.6. The van der Waals surface area contributed by atoms with Gasteiger partial charge in [-0.05, 0) is 37.1 Å². The van der Waals surface area contributed by atoms with Crippen molar-refractivity contribution in [2.24, 2.45) is 0 Å². The SMILES string of the molecule is Cc1cc(C#N)cc(C)c1Oc1nc(N)ncc1[N+](=O)[O-]. The molecule has 8 nitrogen and oxygen atoms in total. The normalized spacial score (nSPS) is 9.95. The molecule has 0 atom stereocenters. The Kier molecular flexibility index (Phi) is 3.67. The fourth-order valence-electron chi connectivity index (χ4n) is 1.85. The molecule has 0 aliphatic rings. The van der Waals surface area contributed by atoms with E-state index in [4.69, 9.17) is 15.7 Å². The first kappa shape index (κ1) is 14.2. The van der Waals surface area contributed by atoms with Crippen molar-refractivity contribution in [2.75, 3.05) is 5.73 Å². The van der Waals surface area contributed by atoms with E-state index < -0.39 is 4.92 Å². The predicted octanol–water partition coefficient (Wildman–Crippen LogP) is 2.25. The van der Waals surface area contributed by atoms with E-state index in [1.807, 2.05) is 6.07 Å². The van der Waals surface area contributed by atoms with Crippen LogP contribution in [0.3, 0.4) is 0 Å². The summed E-state index contributed by atoms with van der Waals surface area (Å²) < 4.78 is 5.53. The van der Waals surface area contributed by atoms with Crippen LogP contribution < -0.4 is 10.5 Å². The van der Waals surface area contributed by atoms with Crippen molar-refractivity contribution in [3.05, 3.63) is 45.1 Å². The number of nitriles is 1. The molecule has 0 radical (unpaired) electrons. The van der Waals surface area contributed by atoms with Crippen LogP contribution in [-0.2, 0) is 0 Å². The number of ether oxygens (including phenoxy) is 1. The Morgan fingerprint density at radius 2 is 2.00 bits per heavy atom. The van der Waals surface area contributed by atoms with Gasteiger partial charge in [0.05, 0.1) is 16.6 Å². The van der Waals surface area contributed by atoms with E-state index in [9.17, 15) is 10.1 Å². The predicted molar refractivity (Wildman–Crippen MR) is 73.8 cm³/mol.